The van der Waals surface area contributed by atoms with Crippen LogP contribution in [-0.2, 0) is 6.54 Å². The molecule has 1 heterocycles. The van der Waals surface area contributed by atoms with Crippen molar-refractivity contribution in [3.63, 3.8) is 0 Å². The maximum Gasteiger partial charge on any atom is 0.272 e. The zero-order valence-electron chi connectivity index (χ0n) is 14.9. The van der Waals surface area contributed by atoms with Gasteiger partial charge >= 0.3 is 0 Å². The van der Waals surface area contributed by atoms with E-state index in [4.69, 9.17) is 0 Å². The summed E-state index contributed by atoms with van der Waals surface area (Å²) >= 11 is 0. The first kappa shape index (κ1) is 17.4. The highest BCUT2D eigenvalue weighted by Crippen LogP contribution is 2.25. The average Bonchev–Trinajstić information content (AvgIpc) is 2.64. The lowest BCUT2D eigenvalue weighted by Gasteiger charge is -2.38. The third-order valence-electron chi connectivity index (χ3n) is 5.28. The number of nitrogens with zero attached hydrogens (tertiary/aromatic N) is 3. The van der Waals surface area contributed by atoms with Crippen LogP contribution in [0.5, 0.6) is 0 Å². The molecule has 0 saturated carbocycles. The molecular formula is C20H25N3O2. The van der Waals surface area contributed by atoms with E-state index in [0.717, 1.165) is 43.6 Å². The summed E-state index contributed by atoms with van der Waals surface area (Å²) in [5.74, 6) is 0. The van der Waals surface area contributed by atoms with Gasteiger partial charge in [0, 0.05) is 50.0 Å². The number of anilines is 1. The average molecular weight is 339 g/mol. The van der Waals surface area contributed by atoms with Gasteiger partial charge in [0.15, 0.2) is 0 Å². The molecule has 5 heteroatoms. The molecule has 0 N–H and O–H groups in total. The fraction of sp³-hybridized carbons (Fsp3) is 0.400. The molecule has 1 aliphatic heterocycles. The Balaban J connectivity index is 1.60. The van der Waals surface area contributed by atoms with Gasteiger partial charge in [-0.3, -0.25) is 15.0 Å². The molecule has 0 radical (unpaired) electrons. The first-order chi connectivity index (χ1) is 12.1. The Morgan fingerprint density at radius 2 is 1.80 bits per heavy atom. The topological polar surface area (TPSA) is 49.6 Å². The van der Waals surface area contributed by atoms with Crippen molar-refractivity contribution in [3.8, 4) is 0 Å². The van der Waals surface area contributed by atoms with Crippen molar-refractivity contribution >= 4 is 11.4 Å². The predicted octanol–water partition coefficient (Wildman–Crippen LogP) is 4.00. The van der Waals surface area contributed by atoms with E-state index in [-0.39, 0.29) is 10.6 Å². The summed E-state index contributed by atoms with van der Waals surface area (Å²) in [4.78, 5) is 15.6. The number of benzene rings is 2. The summed E-state index contributed by atoms with van der Waals surface area (Å²) in [6.07, 6.45) is 2.22. The minimum atomic E-state index is -0.292. The molecule has 0 amide bonds. The third kappa shape index (κ3) is 3.99. The van der Waals surface area contributed by atoms with Crippen LogP contribution in [0.1, 0.15) is 24.0 Å². The highest BCUT2D eigenvalue weighted by Gasteiger charge is 2.23. The number of para-hydroxylation sites is 1. The van der Waals surface area contributed by atoms with Crippen LogP contribution in [0.3, 0.4) is 0 Å². The zero-order valence-corrected chi connectivity index (χ0v) is 14.9. The quantitative estimate of drug-likeness (QED) is 0.610. The van der Waals surface area contributed by atoms with Crippen molar-refractivity contribution in [3.05, 3.63) is 69.8 Å². The number of nitro groups is 1. The minimum absolute atomic E-state index is 0.219. The highest BCUT2D eigenvalue weighted by molar-refractivity contribution is 5.46. The Morgan fingerprint density at radius 3 is 2.44 bits per heavy atom. The maximum atomic E-state index is 11.1. The molecular weight excluding hydrogens is 314 g/mol. The van der Waals surface area contributed by atoms with Gasteiger partial charge in [-0.15, -0.1) is 0 Å². The summed E-state index contributed by atoms with van der Waals surface area (Å²) in [6, 6.07) is 16.4. The molecule has 0 spiro atoms. The maximum absolute atomic E-state index is 11.1. The first-order valence-corrected chi connectivity index (χ1v) is 8.79. The van der Waals surface area contributed by atoms with Crippen LogP contribution in [0.4, 0.5) is 11.4 Å². The van der Waals surface area contributed by atoms with Gasteiger partial charge < -0.3 is 4.90 Å². The Bertz CT molecular complexity index is 725. The van der Waals surface area contributed by atoms with Gasteiger partial charge in [-0.1, -0.05) is 30.3 Å². The van der Waals surface area contributed by atoms with Gasteiger partial charge in [-0.25, -0.2) is 0 Å². The van der Waals surface area contributed by atoms with E-state index in [2.05, 4.69) is 41.1 Å². The fourth-order valence-electron chi connectivity index (χ4n) is 3.62. The molecule has 0 bridgehead atoms. The molecule has 1 saturated heterocycles. The lowest BCUT2D eigenvalue weighted by molar-refractivity contribution is -0.385. The van der Waals surface area contributed by atoms with Crippen LogP contribution in [0.15, 0.2) is 48.5 Å². The molecule has 1 aliphatic rings. The molecule has 132 valence electrons. The zero-order chi connectivity index (χ0) is 17.8. The van der Waals surface area contributed by atoms with E-state index in [1.807, 2.05) is 19.1 Å². The van der Waals surface area contributed by atoms with Gasteiger partial charge in [0.05, 0.1) is 4.92 Å². The second-order valence-electron chi connectivity index (χ2n) is 6.77. The van der Waals surface area contributed by atoms with Crippen molar-refractivity contribution in [2.24, 2.45) is 0 Å². The summed E-state index contributed by atoms with van der Waals surface area (Å²) < 4.78 is 0. The van der Waals surface area contributed by atoms with Crippen LogP contribution < -0.4 is 4.90 Å². The van der Waals surface area contributed by atoms with E-state index >= 15 is 0 Å². The Morgan fingerprint density at radius 1 is 1.12 bits per heavy atom. The Hall–Kier alpha value is -2.40. The molecule has 1 fully saturated rings. The van der Waals surface area contributed by atoms with Crippen molar-refractivity contribution < 1.29 is 4.92 Å². The van der Waals surface area contributed by atoms with E-state index in [1.165, 1.54) is 5.69 Å². The van der Waals surface area contributed by atoms with Gasteiger partial charge in [0.25, 0.3) is 5.69 Å². The third-order valence-corrected chi connectivity index (χ3v) is 5.28. The molecule has 0 aliphatic carbocycles. The van der Waals surface area contributed by atoms with Gasteiger partial charge in [0.1, 0.15) is 0 Å². The summed E-state index contributed by atoms with van der Waals surface area (Å²) in [5.41, 5.74) is 3.33. The molecule has 2 aromatic carbocycles. The van der Waals surface area contributed by atoms with Crippen molar-refractivity contribution in [2.45, 2.75) is 32.4 Å². The van der Waals surface area contributed by atoms with E-state index in [9.17, 15) is 10.1 Å². The lowest BCUT2D eigenvalue weighted by atomic mass is 10.0. The molecule has 2 aromatic rings. The number of hydrogen-bond donors (Lipinski definition) is 0. The smallest absolute Gasteiger partial charge is 0.272 e. The second kappa shape index (κ2) is 7.66. The largest absolute Gasteiger partial charge is 0.372 e. The summed E-state index contributed by atoms with van der Waals surface area (Å²) in [7, 11) is 2.17. The van der Waals surface area contributed by atoms with E-state index in [0.29, 0.717) is 6.04 Å². The monoisotopic (exact) mass is 339 g/mol. The van der Waals surface area contributed by atoms with Gasteiger partial charge in [0.2, 0.25) is 0 Å². The van der Waals surface area contributed by atoms with Gasteiger partial charge in [-0.2, -0.15) is 0 Å². The molecule has 25 heavy (non-hydrogen) atoms. The highest BCUT2D eigenvalue weighted by atomic mass is 16.6. The first-order valence-electron chi connectivity index (χ1n) is 8.79. The second-order valence-corrected chi connectivity index (χ2v) is 6.77. The molecule has 0 atom stereocenters. The van der Waals surface area contributed by atoms with Crippen LogP contribution in [0, 0.1) is 17.0 Å². The van der Waals surface area contributed by atoms with Crippen molar-refractivity contribution in [2.75, 3.05) is 25.0 Å². The van der Waals surface area contributed by atoms with Crippen LogP contribution in [-0.4, -0.2) is 36.0 Å². The minimum Gasteiger partial charge on any atom is -0.372 e. The number of nitro benzene ring substituents is 1. The lowest BCUT2D eigenvalue weighted by Crippen LogP contribution is -2.43. The Labute approximate surface area is 149 Å². The van der Waals surface area contributed by atoms with Crippen LogP contribution >= 0.6 is 0 Å². The fourth-order valence-corrected chi connectivity index (χ4v) is 3.62. The SMILES string of the molecule is Cc1c(CN2CCC(N(C)c3ccccc3)CC2)cccc1[N+](=O)[O-]. The number of piperidine rings is 1. The number of likely N-dealkylation sites (tertiary alicyclic amines) is 1. The van der Waals surface area contributed by atoms with Crippen LogP contribution in [0.2, 0.25) is 0 Å². The molecule has 5 nitrogen and oxygen atoms in total. The molecule has 0 unspecified atom stereocenters. The number of rotatable bonds is 5. The molecule has 0 aromatic heterocycles. The number of hydrogen-bond acceptors (Lipinski definition) is 4. The van der Waals surface area contributed by atoms with Crippen molar-refractivity contribution in [1.82, 2.24) is 4.90 Å². The predicted molar refractivity (Wildman–Crippen MR) is 101 cm³/mol. The van der Waals surface area contributed by atoms with E-state index < -0.39 is 0 Å². The van der Waals surface area contributed by atoms with Crippen LogP contribution in [0.25, 0.3) is 0 Å². The Kier molecular flexibility index (Phi) is 5.34. The van der Waals surface area contributed by atoms with E-state index in [1.54, 1.807) is 12.1 Å². The summed E-state index contributed by atoms with van der Waals surface area (Å²) in [5, 5.41) is 11.1. The summed E-state index contributed by atoms with van der Waals surface area (Å²) in [6.45, 7) is 4.67. The van der Waals surface area contributed by atoms with Gasteiger partial charge in [-0.05, 0) is 37.5 Å². The van der Waals surface area contributed by atoms with Crippen molar-refractivity contribution in [1.29, 1.82) is 0 Å². The standard InChI is InChI=1S/C20H25N3O2/c1-16-17(7-6-10-20(16)23(24)25)15-22-13-11-19(12-14-22)21(2)18-8-4-3-5-9-18/h3-10,19H,11-15H2,1-2H3. The molecule has 3 rings (SSSR count). The normalized spacial score (nSPS) is 15.9.